The molecule has 8 nitrogen and oxygen atoms in total. The lowest BCUT2D eigenvalue weighted by atomic mass is 9.96. The van der Waals surface area contributed by atoms with E-state index in [-0.39, 0.29) is 39.6 Å². The Labute approximate surface area is 226 Å². The van der Waals surface area contributed by atoms with Gasteiger partial charge in [0.05, 0.1) is 34.7 Å². The molecule has 0 spiro atoms. The molecule has 0 aliphatic carbocycles. The number of urea groups is 1. The first-order valence-corrected chi connectivity index (χ1v) is 14.0. The number of halogens is 3. The van der Waals surface area contributed by atoms with E-state index in [4.69, 9.17) is 6.57 Å². The molecule has 0 N–H and O–H groups in total. The maximum Gasteiger partial charge on any atom is 0.416 e. The third-order valence-corrected chi connectivity index (χ3v) is 7.81. The highest BCUT2D eigenvalue weighted by Crippen LogP contribution is 2.43. The number of sulfone groups is 1. The Hall–Kier alpha value is -3.87. The Morgan fingerprint density at radius 3 is 2.36 bits per heavy atom. The minimum Gasteiger partial charge on any atom is -0.321 e. The lowest BCUT2D eigenvalue weighted by molar-refractivity contribution is -0.137. The molecule has 3 rings (SSSR count). The number of amides is 2. The van der Waals surface area contributed by atoms with Crippen molar-refractivity contribution in [2.24, 2.45) is 0 Å². The van der Waals surface area contributed by atoms with Gasteiger partial charge in [-0.05, 0) is 55.9 Å². The van der Waals surface area contributed by atoms with E-state index in [1.54, 1.807) is 0 Å². The van der Waals surface area contributed by atoms with Gasteiger partial charge in [0, 0.05) is 30.7 Å². The smallest absolute Gasteiger partial charge is 0.321 e. The second kappa shape index (κ2) is 11.5. The number of alkyl halides is 3. The summed E-state index contributed by atoms with van der Waals surface area (Å²) in [4.78, 5) is 21.9. The minimum absolute atomic E-state index is 0.0128. The molecule has 1 atom stereocenters. The fourth-order valence-electron chi connectivity index (χ4n) is 4.59. The van der Waals surface area contributed by atoms with Crippen molar-refractivity contribution < 1.29 is 26.4 Å². The van der Waals surface area contributed by atoms with E-state index in [1.165, 1.54) is 42.2 Å². The molecule has 0 aromatic heterocycles. The molecule has 1 aliphatic rings. The molecule has 0 unspecified atom stereocenters. The maximum absolute atomic E-state index is 14.0. The fraction of sp³-hybridized carbons (Fsp3) is 0.370. The van der Waals surface area contributed by atoms with Gasteiger partial charge in [-0.15, -0.1) is 0 Å². The van der Waals surface area contributed by atoms with Crippen LogP contribution in [0.15, 0.2) is 58.8 Å². The predicted octanol–water partition coefficient (Wildman–Crippen LogP) is 5.46. The summed E-state index contributed by atoms with van der Waals surface area (Å²) in [7, 11) is -3.90. The van der Waals surface area contributed by atoms with Gasteiger partial charge in [0.25, 0.3) is 0 Å². The second-order valence-corrected chi connectivity index (χ2v) is 11.0. The molecule has 12 heteroatoms. The summed E-state index contributed by atoms with van der Waals surface area (Å²) in [6, 6.07) is 8.37. The van der Waals surface area contributed by atoms with E-state index in [0.717, 1.165) is 23.3 Å². The van der Waals surface area contributed by atoms with Crippen molar-refractivity contribution in [1.82, 2.24) is 9.80 Å². The van der Waals surface area contributed by atoms with Crippen molar-refractivity contribution in [3.63, 3.8) is 0 Å². The van der Waals surface area contributed by atoms with E-state index >= 15 is 0 Å². The highest BCUT2D eigenvalue weighted by molar-refractivity contribution is 7.90. The van der Waals surface area contributed by atoms with Crippen LogP contribution in [0, 0.1) is 17.9 Å². The molecule has 1 heterocycles. The van der Waals surface area contributed by atoms with Crippen molar-refractivity contribution in [1.29, 1.82) is 5.26 Å². The van der Waals surface area contributed by atoms with Gasteiger partial charge in [-0.1, -0.05) is 26.0 Å². The van der Waals surface area contributed by atoms with Gasteiger partial charge in [0.15, 0.2) is 9.84 Å². The Morgan fingerprint density at radius 2 is 1.82 bits per heavy atom. The highest BCUT2D eigenvalue weighted by Gasteiger charge is 2.42. The Morgan fingerprint density at radius 1 is 1.15 bits per heavy atom. The molecule has 39 heavy (non-hydrogen) atoms. The van der Waals surface area contributed by atoms with Gasteiger partial charge in [0.1, 0.15) is 0 Å². The number of benzene rings is 2. The van der Waals surface area contributed by atoms with Gasteiger partial charge >= 0.3 is 12.2 Å². The van der Waals surface area contributed by atoms with E-state index in [0.29, 0.717) is 19.6 Å². The molecular weight excluding hydrogens is 531 g/mol. The normalized spacial score (nSPS) is 16.5. The van der Waals surface area contributed by atoms with Gasteiger partial charge < -0.3 is 9.80 Å². The van der Waals surface area contributed by atoms with Crippen LogP contribution in [0.1, 0.15) is 43.5 Å². The molecule has 0 radical (unpaired) electrons. The van der Waals surface area contributed by atoms with E-state index in [1.807, 2.05) is 24.8 Å². The van der Waals surface area contributed by atoms with Gasteiger partial charge in [-0.2, -0.15) is 18.4 Å². The highest BCUT2D eigenvalue weighted by atomic mass is 32.2. The summed E-state index contributed by atoms with van der Waals surface area (Å²) >= 11 is 0. The molecule has 2 aromatic rings. The SMILES string of the molecule is [C-]#[N+]C1=C(C)N(c2cccc(C(F)(F)F)c2)C(=O)N(CCN(CC)CC)[C@@H]1c1ccc(C#N)cc1S(C)(=O)=O. The van der Waals surface area contributed by atoms with Crippen LogP contribution in [0.2, 0.25) is 0 Å². The molecule has 1 aliphatic heterocycles. The quantitative estimate of drug-likeness (QED) is 0.401. The first-order chi connectivity index (χ1) is 18.3. The maximum atomic E-state index is 14.0. The number of carbonyl (C=O) groups is 1. The Bertz CT molecular complexity index is 1490. The van der Waals surface area contributed by atoms with Gasteiger partial charge in [0.2, 0.25) is 5.70 Å². The second-order valence-electron chi connectivity index (χ2n) is 9.01. The van der Waals surface area contributed by atoms with E-state index < -0.39 is 33.6 Å². The van der Waals surface area contributed by atoms with Crippen molar-refractivity contribution in [2.45, 2.75) is 37.9 Å². The van der Waals surface area contributed by atoms with Crippen molar-refractivity contribution in [3.8, 4) is 6.07 Å². The number of rotatable bonds is 8. The molecular formula is C27H28F3N5O3S. The Balaban J connectivity index is 2.31. The summed E-state index contributed by atoms with van der Waals surface area (Å²) < 4.78 is 66.0. The average molecular weight is 560 g/mol. The predicted molar refractivity (Wildman–Crippen MR) is 140 cm³/mol. The van der Waals surface area contributed by atoms with Gasteiger partial charge in [-0.3, -0.25) is 4.90 Å². The summed E-state index contributed by atoms with van der Waals surface area (Å²) in [5.41, 5.74) is -0.718. The topological polar surface area (TPSA) is 89.1 Å². The number of anilines is 1. The number of hydrogen-bond acceptors (Lipinski definition) is 5. The number of hydrogen-bond donors (Lipinski definition) is 0. The molecule has 2 aromatic carbocycles. The lowest BCUT2D eigenvalue weighted by Gasteiger charge is -2.43. The molecule has 0 fully saturated rings. The fourth-order valence-corrected chi connectivity index (χ4v) is 5.54. The molecule has 2 amide bonds. The number of allylic oxidation sites excluding steroid dienone is 1. The number of nitrogens with zero attached hydrogens (tertiary/aromatic N) is 5. The zero-order valence-corrected chi connectivity index (χ0v) is 22.8. The number of carbonyl (C=O) groups excluding carboxylic acids is 1. The molecule has 0 saturated heterocycles. The van der Waals surface area contributed by atoms with Crippen molar-refractivity contribution in [3.05, 3.63) is 82.0 Å². The van der Waals surface area contributed by atoms with Crippen LogP contribution in [-0.2, 0) is 16.0 Å². The van der Waals surface area contributed by atoms with Crippen LogP contribution in [0.4, 0.5) is 23.7 Å². The first kappa shape index (κ1) is 29.7. The monoisotopic (exact) mass is 559 g/mol. The summed E-state index contributed by atoms with van der Waals surface area (Å²) in [5, 5.41) is 9.34. The van der Waals surface area contributed by atoms with Crippen LogP contribution in [0.3, 0.4) is 0 Å². The minimum atomic E-state index is -4.65. The van der Waals surface area contributed by atoms with E-state index in [9.17, 15) is 31.6 Å². The lowest BCUT2D eigenvalue weighted by Crippen LogP contribution is -2.51. The van der Waals surface area contributed by atoms with Crippen LogP contribution in [0.5, 0.6) is 0 Å². The standard InChI is InChI=1S/C27H28F3N5O3S/c1-6-33(7-2)13-14-34-25(22-12-11-19(17-31)15-23(22)39(5,37)38)24(32-4)18(3)35(26(34)36)21-10-8-9-20(16-21)27(28,29)30/h8-12,15-16,25H,6-7,13-14H2,1-3,5H3/t25-/m1/s1. The summed E-state index contributed by atoms with van der Waals surface area (Å²) in [6.45, 7) is 15.0. The van der Waals surface area contributed by atoms with Crippen LogP contribution in [0.25, 0.3) is 4.85 Å². The van der Waals surface area contributed by atoms with Crippen LogP contribution < -0.4 is 4.90 Å². The molecule has 0 saturated carbocycles. The van der Waals surface area contributed by atoms with Crippen molar-refractivity contribution in [2.75, 3.05) is 37.3 Å². The third-order valence-electron chi connectivity index (χ3n) is 6.65. The Kier molecular flexibility index (Phi) is 8.74. The zero-order chi connectivity index (χ0) is 29.1. The van der Waals surface area contributed by atoms with Crippen LogP contribution in [-0.4, -0.2) is 56.7 Å². The van der Waals surface area contributed by atoms with Crippen molar-refractivity contribution >= 4 is 21.6 Å². The number of likely N-dealkylation sites (N-methyl/N-ethyl adjacent to an activating group) is 1. The van der Waals surface area contributed by atoms with Crippen LogP contribution >= 0.6 is 0 Å². The molecule has 206 valence electrons. The zero-order valence-electron chi connectivity index (χ0n) is 22.0. The van der Waals surface area contributed by atoms with E-state index in [2.05, 4.69) is 4.85 Å². The largest absolute Gasteiger partial charge is 0.416 e. The third kappa shape index (κ3) is 6.08. The number of nitriles is 1. The van der Waals surface area contributed by atoms with Gasteiger partial charge in [-0.25, -0.2) is 18.1 Å². The average Bonchev–Trinajstić information content (AvgIpc) is 2.89. The summed E-state index contributed by atoms with van der Waals surface area (Å²) in [5.74, 6) is 0. The first-order valence-electron chi connectivity index (χ1n) is 12.1. The molecule has 0 bridgehead atoms. The summed E-state index contributed by atoms with van der Waals surface area (Å²) in [6.07, 6.45) is -3.67.